The molecule has 0 bridgehead atoms. The lowest BCUT2D eigenvalue weighted by Crippen LogP contribution is -2.24. The number of rotatable bonds is 5. The van der Waals surface area contributed by atoms with Crippen LogP contribution in [-0.2, 0) is 20.1 Å². The summed E-state index contributed by atoms with van der Waals surface area (Å²) >= 11 is 6.05. The fourth-order valence-corrected chi connectivity index (χ4v) is 4.29. The molecule has 0 saturated heterocycles. The smallest absolute Gasteiger partial charge is 0.260 e. The Kier molecular flexibility index (Phi) is 5.53. The highest BCUT2D eigenvalue weighted by atomic mass is 35.5. The van der Waals surface area contributed by atoms with Crippen molar-refractivity contribution in [3.63, 3.8) is 0 Å². The average Bonchev–Trinajstić information content (AvgIpc) is 3.30. The molecule has 0 unspecified atom stereocenters. The summed E-state index contributed by atoms with van der Waals surface area (Å²) in [5.74, 6) is -1.71. The second-order valence-corrected chi connectivity index (χ2v) is 8.48. The number of carbonyl (C=O) groups excluding carboxylic acids is 1. The standard InChI is InChI=1S/C25H19ClF2N4O2/c1-14-18(13-31(2)30-14)15-6-7-16(21(28)10-15)11-32-12-17-8-9-29-24(22(17)25(32)33)34-23-19(26)4-3-5-20(23)27/h3-10,13H,11-12H2,1-2H3. The Morgan fingerprint density at radius 2 is 1.97 bits per heavy atom. The summed E-state index contributed by atoms with van der Waals surface area (Å²) in [7, 11) is 1.81. The molecule has 0 radical (unpaired) electrons. The molecular weight excluding hydrogens is 462 g/mol. The van der Waals surface area contributed by atoms with E-state index in [4.69, 9.17) is 16.3 Å². The summed E-state index contributed by atoms with van der Waals surface area (Å²) in [6.07, 6.45) is 3.31. The monoisotopic (exact) mass is 480 g/mol. The van der Waals surface area contributed by atoms with Gasteiger partial charge in [0.2, 0.25) is 5.88 Å². The van der Waals surface area contributed by atoms with E-state index in [0.717, 1.165) is 11.3 Å². The summed E-state index contributed by atoms with van der Waals surface area (Å²) in [5.41, 5.74) is 3.60. The number of aromatic nitrogens is 3. The van der Waals surface area contributed by atoms with Gasteiger partial charge in [-0.3, -0.25) is 9.48 Å². The molecule has 0 fully saturated rings. The van der Waals surface area contributed by atoms with Gasteiger partial charge in [0, 0.05) is 43.7 Å². The summed E-state index contributed by atoms with van der Waals surface area (Å²) in [6.45, 7) is 2.18. The van der Waals surface area contributed by atoms with Gasteiger partial charge < -0.3 is 9.64 Å². The fraction of sp³-hybridized carbons (Fsp3) is 0.160. The fourth-order valence-electron chi connectivity index (χ4n) is 4.09. The minimum atomic E-state index is -0.666. The number of amides is 1. The quantitative estimate of drug-likeness (QED) is 0.369. The Morgan fingerprint density at radius 3 is 2.68 bits per heavy atom. The van der Waals surface area contributed by atoms with Gasteiger partial charge in [-0.25, -0.2) is 13.8 Å². The lowest BCUT2D eigenvalue weighted by Gasteiger charge is -2.17. The molecule has 6 nitrogen and oxygen atoms in total. The van der Waals surface area contributed by atoms with E-state index in [2.05, 4.69) is 10.1 Å². The first-order chi connectivity index (χ1) is 16.3. The van der Waals surface area contributed by atoms with Crippen LogP contribution in [0.25, 0.3) is 11.1 Å². The number of carbonyl (C=O) groups is 1. The first-order valence-electron chi connectivity index (χ1n) is 10.5. The zero-order chi connectivity index (χ0) is 24.0. The molecule has 0 atom stereocenters. The van der Waals surface area contributed by atoms with Crippen molar-refractivity contribution in [3.8, 4) is 22.8 Å². The topological polar surface area (TPSA) is 60.3 Å². The van der Waals surface area contributed by atoms with Crippen molar-refractivity contribution in [1.29, 1.82) is 0 Å². The van der Waals surface area contributed by atoms with E-state index in [1.807, 2.05) is 26.2 Å². The maximum absolute atomic E-state index is 15.0. The van der Waals surface area contributed by atoms with E-state index in [0.29, 0.717) is 16.7 Å². The predicted octanol–water partition coefficient (Wildman–Crippen LogP) is 5.67. The van der Waals surface area contributed by atoms with Gasteiger partial charge in [0.15, 0.2) is 11.6 Å². The molecule has 172 valence electrons. The highest BCUT2D eigenvalue weighted by molar-refractivity contribution is 6.32. The van der Waals surface area contributed by atoms with Crippen LogP contribution < -0.4 is 4.74 Å². The molecule has 2 aromatic heterocycles. The molecule has 9 heteroatoms. The Morgan fingerprint density at radius 1 is 1.15 bits per heavy atom. The van der Waals surface area contributed by atoms with Crippen LogP contribution in [0.3, 0.4) is 0 Å². The number of hydrogen-bond acceptors (Lipinski definition) is 4. The van der Waals surface area contributed by atoms with E-state index >= 15 is 0 Å². The van der Waals surface area contributed by atoms with Gasteiger partial charge in [0.1, 0.15) is 11.4 Å². The zero-order valence-electron chi connectivity index (χ0n) is 18.3. The molecule has 4 aromatic rings. The Balaban J connectivity index is 1.40. The van der Waals surface area contributed by atoms with E-state index in [1.165, 1.54) is 35.4 Å². The van der Waals surface area contributed by atoms with E-state index in [9.17, 15) is 13.6 Å². The van der Waals surface area contributed by atoms with Gasteiger partial charge in [-0.05, 0) is 42.3 Å². The molecule has 1 aliphatic heterocycles. The zero-order valence-corrected chi connectivity index (χ0v) is 19.1. The van der Waals surface area contributed by atoms with E-state index in [1.54, 1.807) is 16.8 Å². The van der Waals surface area contributed by atoms with Crippen molar-refractivity contribution in [2.45, 2.75) is 20.0 Å². The largest absolute Gasteiger partial charge is 0.433 e. The molecular formula is C25H19ClF2N4O2. The molecule has 34 heavy (non-hydrogen) atoms. The molecule has 1 amide bonds. The molecule has 0 N–H and O–H groups in total. The van der Waals surface area contributed by atoms with Crippen LogP contribution >= 0.6 is 11.6 Å². The minimum Gasteiger partial charge on any atom is -0.433 e. The lowest BCUT2D eigenvalue weighted by molar-refractivity contribution is 0.0763. The lowest BCUT2D eigenvalue weighted by atomic mass is 10.0. The molecule has 2 aromatic carbocycles. The van der Waals surface area contributed by atoms with Crippen LogP contribution in [0, 0.1) is 18.6 Å². The van der Waals surface area contributed by atoms with Gasteiger partial charge >= 0.3 is 0 Å². The minimum absolute atomic E-state index is 0.0418. The van der Waals surface area contributed by atoms with Crippen molar-refractivity contribution in [3.05, 3.63) is 93.9 Å². The highest BCUT2D eigenvalue weighted by Gasteiger charge is 2.33. The normalized spacial score (nSPS) is 12.9. The molecule has 0 spiro atoms. The maximum Gasteiger partial charge on any atom is 0.260 e. The van der Waals surface area contributed by atoms with Gasteiger partial charge in [-0.2, -0.15) is 5.10 Å². The Bertz CT molecular complexity index is 1420. The SMILES string of the molecule is Cc1nn(C)cc1-c1ccc(CN2Cc3ccnc(Oc4c(F)cccc4Cl)c3C2=O)c(F)c1. The second kappa shape index (κ2) is 8.53. The van der Waals surface area contributed by atoms with Crippen molar-refractivity contribution in [2.24, 2.45) is 7.05 Å². The Labute approximate surface area is 199 Å². The second-order valence-electron chi connectivity index (χ2n) is 8.07. The van der Waals surface area contributed by atoms with Crippen molar-refractivity contribution in [1.82, 2.24) is 19.7 Å². The van der Waals surface area contributed by atoms with Crippen LogP contribution in [0.2, 0.25) is 5.02 Å². The third-order valence-electron chi connectivity index (χ3n) is 5.72. The van der Waals surface area contributed by atoms with Gasteiger partial charge in [0.05, 0.1) is 10.7 Å². The number of hydrogen-bond donors (Lipinski definition) is 0. The predicted molar refractivity (Wildman–Crippen MR) is 123 cm³/mol. The van der Waals surface area contributed by atoms with E-state index in [-0.39, 0.29) is 41.2 Å². The number of fused-ring (bicyclic) bond motifs is 1. The molecule has 1 aliphatic rings. The van der Waals surface area contributed by atoms with Crippen LogP contribution in [0.1, 0.15) is 27.2 Å². The molecule has 0 aliphatic carbocycles. The van der Waals surface area contributed by atoms with Gasteiger partial charge in [-0.15, -0.1) is 0 Å². The van der Waals surface area contributed by atoms with Crippen molar-refractivity contribution < 1.29 is 18.3 Å². The maximum atomic E-state index is 15.0. The number of nitrogens with zero attached hydrogens (tertiary/aromatic N) is 4. The molecule has 3 heterocycles. The molecule has 5 rings (SSSR count). The first-order valence-corrected chi connectivity index (χ1v) is 10.9. The van der Waals surface area contributed by atoms with Crippen LogP contribution in [0.5, 0.6) is 11.6 Å². The summed E-state index contributed by atoms with van der Waals surface area (Å²) in [4.78, 5) is 18.8. The number of ether oxygens (including phenoxy) is 1. The summed E-state index contributed by atoms with van der Waals surface area (Å²) in [6, 6.07) is 10.8. The number of para-hydroxylation sites is 1. The van der Waals surface area contributed by atoms with Crippen LogP contribution in [-0.4, -0.2) is 25.6 Å². The number of benzene rings is 2. The third-order valence-corrected chi connectivity index (χ3v) is 6.02. The number of aryl methyl sites for hydroxylation is 2. The van der Waals surface area contributed by atoms with Crippen molar-refractivity contribution >= 4 is 17.5 Å². The number of halogens is 3. The van der Waals surface area contributed by atoms with Gasteiger partial charge in [0.25, 0.3) is 5.91 Å². The first kappa shape index (κ1) is 22.0. The molecule has 0 saturated carbocycles. The van der Waals surface area contributed by atoms with Crippen LogP contribution in [0.4, 0.5) is 8.78 Å². The Hall–Kier alpha value is -3.78. The summed E-state index contributed by atoms with van der Waals surface area (Å²) in [5, 5.41) is 4.36. The average molecular weight is 481 g/mol. The van der Waals surface area contributed by atoms with Gasteiger partial charge in [-0.1, -0.05) is 29.8 Å². The summed E-state index contributed by atoms with van der Waals surface area (Å²) < 4.78 is 36.5. The third kappa shape index (κ3) is 3.90. The van der Waals surface area contributed by atoms with Crippen LogP contribution in [0.15, 0.2) is 54.9 Å². The van der Waals surface area contributed by atoms with Crippen molar-refractivity contribution in [2.75, 3.05) is 0 Å². The highest BCUT2D eigenvalue weighted by Crippen LogP contribution is 2.36. The van der Waals surface area contributed by atoms with E-state index < -0.39 is 11.6 Å². The number of pyridine rings is 1.